The third kappa shape index (κ3) is 2.51. The Kier molecular flexibility index (Phi) is 3.31. The Morgan fingerprint density at radius 1 is 1.27 bits per heavy atom. The lowest BCUT2D eigenvalue weighted by atomic mass is 9.91. The Labute approximate surface area is 133 Å². The van der Waals surface area contributed by atoms with Crippen molar-refractivity contribution in [3.05, 3.63) is 69.7 Å². The third-order valence-corrected chi connectivity index (χ3v) is 3.64. The predicted octanol–water partition coefficient (Wildman–Crippen LogP) is 3.45. The van der Waals surface area contributed by atoms with E-state index >= 15 is 0 Å². The number of pyridine rings is 1. The van der Waals surface area contributed by atoms with Crippen LogP contribution in [0.4, 0.5) is 0 Å². The Morgan fingerprint density at radius 2 is 2.05 bits per heavy atom. The molecule has 1 aliphatic rings. The van der Waals surface area contributed by atoms with Crippen molar-refractivity contribution < 1.29 is 9.47 Å². The summed E-state index contributed by atoms with van der Waals surface area (Å²) in [5.41, 5.74) is 1.89. The van der Waals surface area contributed by atoms with Crippen LogP contribution in [0.2, 0.25) is 5.02 Å². The number of rotatable bonds is 1. The number of hydrogen-bond acceptors (Lipinski definition) is 3. The second kappa shape index (κ2) is 5.04. The van der Waals surface area contributed by atoms with Gasteiger partial charge in [-0.25, -0.2) is 0 Å². The van der Waals surface area contributed by atoms with Gasteiger partial charge >= 0.3 is 0 Å². The van der Waals surface area contributed by atoms with Gasteiger partial charge in [-0.1, -0.05) is 11.6 Å². The average Bonchev–Trinajstić information content (AvgIpc) is 2.45. The van der Waals surface area contributed by atoms with Crippen LogP contribution in [0.3, 0.4) is 0 Å². The molecule has 22 heavy (non-hydrogen) atoms. The molecule has 2 aromatic rings. The van der Waals surface area contributed by atoms with Gasteiger partial charge in [0.15, 0.2) is 6.20 Å². The molecule has 1 aliphatic heterocycles. The van der Waals surface area contributed by atoms with E-state index in [9.17, 15) is 5.21 Å². The number of nitriles is 1. The summed E-state index contributed by atoms with van der Waals surface area (Å²) in [6.07, 6.45) is 3.20. The van der Waals surface area contributed by atoms with Gasteiger partial charge in [-0.05, 0) is 44.2 Å². The lowest BCUT2D eigenvalue weighted by molar-refractivity contribution is -0.607. The van der Waals surface area contributed by atoms with Gasteiger partial charge in [0.25, 0.3) is 0 Å². The fourth-order valence-electron chi connectivity index (χ4n) is 2.51. The maximum absolute atomic E-state index is 12.2. The van der Waals surface area contributed by atoms with E-state index in [2.05, 4.69) is 6.07 Å². The van der Waals surface area contributed by atoms with Gasteiger partial charge in [0, 0.05) is 11.6 Å². The van der Waals surface area contributed by atoms with Crippen molar-refractivity contribution in [2.45, 2.75) is 19.4 Å². The molecule has 110 valence electrons. The quantitative estimate of drug-likeness (QED) is 0.598. The van der Waals surface area contributed by atoms with Crippen LogP contribution in [0.15, 0.2) is 42.6 Å². The van der Waals surface area contributed by atoms with Gasteiger partial charge < -0.3 is 9.94 Å². The highest BCUT2D eigenvalue weighted by Crippen LogP contribution is 2.39. The Bertz CT molecular complexity index is 835. The first-order valence-corrected chi connectivity index (χ1v) is 7.13. The summed E-state index contributed by atoms with van der Waals surface area (Å²) >= 11 is 5.85. The zero-order valence-electron chi connectivity index (χ0n) is 12.1. The van der Waals surface area contributed by atoms with Crippen LogP contribution in [-0.4, -0.2) is 5.60 Å². The summed E-state index contributed by atoms with van der Waals surface area (Å²) in [6, 6.07) is 10.6. The van der Waals surface area contributed by atoms with Crippen LogP contribution < -0.4 is 9.47 Å². The minimum atomic E-state index is -0.552. The number of nitrogens with zero attached hydrogens (tertiary/aromatic N) is 2. The molecule has 5 heteroatoms. The summed E-state index contributed by atoms with van der Waals surface area (Å²) in [7, 11) is 0. The first-order chi connectivity index (χ1) is 10.4. The lowest BCUT2D eigenvalue weighted by Crippen LogP contribution is -2.34. The predicted molar refractivity (Wildman–Crippen MR) is 83.4 cm³/mol. The van der Waals surface area contributed by atoms with Crippen molar-refractivity contribution in [1.82, 2.24) is 0 Å². The summed E-state index contributed by atoms with van der Waals surface area (Å²) < 4.78 is 6.65. The van der Waals surface area contributed by atoms with E-state index < -0.39 is 5.60 Å². The van der Waals surface area contributed by atoms with Crippen LogP contribution in [0, 0.1) is 16.5 Å². The topological polar surface area (TPSA) is 60.0 Å². The standard InChI is InChI=1S/C17H13ClN2O2/c1-17(2)8-14(15-5-4-12(18)10-20(15)21)13-7-11(9-19)3-6-16(13)22-17/h3-8,10H,1-2H3. The number of hydrogen-bond donors (Lipinski definition) is 0. The van der Waals surface area contributed by atoms with Crippen LogP contribution in [0.5, 0.6) is 5.75 Å². The zero-order valence-corrected chi connectivity index (χ0v) is 12.9. The first kappa shape index (κ1) is 14.4. The van der Waals surface area contributed by atoms with E-state index in [4.69, 9.17) is 21.6 Å². The maximum atomic E-state index is 12.2. The molecule has 0 amide bonds. The molecule has 0 radical (unpaired) electrons. The average molecular weight is 313 g/mol. The number of aromatic nitrogens is 1. The Morgan fingerprint density at radius 3 is 2.73 bits per heavy atom. The zero-order chi connectivity index (χ0) is 15.9. The van der Waals surface area contributed by atoms with Gasteiger partial charge in [-0.2, -0.15) is 9.99 Å². The van der Waals surface area contributed by atoms with Gasteiger partial charge in [0.05, 0.1) is 17.2 Å². The van der Waals surface area contributed by atoms with Crippen LogP contribution >= 0.6 is 11.6 Å². The summed E-state index contributed by atoms with van der Waals surface area (Å²) in [5.74, 6) is 0.649. The summed E-state index contributed by atoms with van der Waals surface area (Å²) in [5, 5.41) is 21.7. The Hall–Kier alpha value is -2.51. The van der Waals surface area contributed by atoms with Crippen LogP contribution in [0.25, 0.3) is 5.57 Å². The summed E-state index contributed by atoms with van der Waals surface area (Å²) in [4.78, 5) is 0. The minimum Gasteiger partial charge on any atom is -0.618 e. The smallest absolute Gasteiger partial charge is 0.224 e. The molecular formula is C17H13ClN2O2. The minimum absolute atomic E-state index is 0.372. The number of fused-ring (bicyclic) bond motifs is 1. The van der Waals surface area contributed by atoms with E-state index in [1.807, 2.05) is 19.9 Å². The molecule has 2 heterocycles. The molecular weight excluding hydrogens is 300 g/mol. The maximum Gasteiger partial charge on any atom is 0.224 e. The molecule has 1 aromatic heterocycles. The molecule has 1 aromatic carbocycles. The van der Waals surface area contributed by atoms with E-state index in [0.717, 1.165) is 15.9 Å². The van der Waals surface area contributed by atoms with Crippen LogP contribution in [0.1, 0.15) is 30.7 Å². The largest absolute Gasteiger partial charge is 0.618 e. The second-order valence-corrected chi connectivity index (χ2v) is 6.08. The van der Waals surface area contributed by atoms with E-state index in [1.165, 1.54) is 6.20 Å². The molecule has 0 saturated carbocycles. The highest BCUT2D eigenvalue weighted by atomic mass is 35.5. The van der Waals surface area contributed by atoms with E-state index in [-0.39, 0.29) is 0 Å². The second-order valence-electron chi connectivity index (χ2n) is 5.64. The van der Waals surface area contributed by atoms with Gasteiger partial charge in [0.2, 0.25) is 5.69 Å². The van der Waals surface area contributed by atoms with Crippen molar-refractivity contribution in [3.8, 4) is 11.8 Å². The van der Waals surface area contributed by atoms with Gasteiger partial charge in [-0.15, -0.1) is 0 Å². The first-order valence-electron chi connectivity index (χ1n) is 6.75. The Balaban J connectivity index is 2.25. The van der Waals surface area contributed by atoms with Crippen LogP contribution in [-0.2, 0) is 0 Å². The monoisotopic (exact) mass is 312 g/mol. The fraction of sp³-hybridized carbons (Fsp3) is 0.176. The van der Waals surface area contributed by atoms with Gasteiger partial charge in [0.1, 0.15) is 16.4 Å². The molecule has 0 spiro atoms. The number of ether oxygens (including phenoxy) is 1. The van der Waals surface area contributed by atoms with E-state index in [1.54, 1.807) is 30.3 Å². The molecule has 4 nitrogen and oxygen atoms in total. The van der Waals surface area contributed by atoms with E-state index in [0.29, 0.717) is 22.0 Å². The molecule has 0 unspecified atom stereocenters. The molecule has 0 atom stereocenters. The molecule has 0 N–H and O–H groups in total. The molecule has 0 aliphatic carbocycles. The molecule has 0 fully saturated rings. The highest BCUT2D eigenvalue weighted by molar-refractivity contribution is 6.30. The highest BCUT2D eigenvalue weighted by Gasteiger charge is 2.30. The van der Waals surface area contributed by atoms with Crippen molar-refractivity contribution in [2.24, 2.45) is 0 Å². The lowest BCUT2D eigenvalue weighted by Gasteiger charge is -2.30. The van der Waals surface area contributed by atoms with Crippen molar-refractivity contribution in [2.75, 3.05) is 0 Å². The van der Waals surface area contributed by atoms with Gasteiger partial charge in [-0.3, -0.25) is 0 Å². The summed E-state index contributed by atoms with van der Waals surface area (Å²) in [6.45, 7) is 3.83. The normalized spacial score (nSPS) is 15.3. The SMILES string of the molecule is CC1(C)C=C(c2ccc(Cl)c[n+]2[O-])c2cc(C#N)ccc2O1. The number of halogens is 1. The molecule has 3 rings (SSSR count). The fourth-order valence-corrected chi connectivity index (χ4v) is 2.67. The van der Waals surface area contributed by atoms with Crippen molar-refractivity contribution in [1.29, 1.82) is 5.26 Å². The third-order valence-electron chi connectivity index (χ3n) is 3.42. The number of benzene rings is 1. The molecule has 0 saturated heterocycles. The van der Waals surface area contributed by atoms with Crippen molar-refractivity contribution >= 4 is 17.2 Å². The molecule has 0 bridgehead atoms. The van der Waals surface area contributed by atoms with Crippen molar-refractivity contribution in [3.63, 3.8) is 0 Å².